The molecule has 6 heteroatoms. The third-order valence-electron chi connectivity index (χ3n) is 2.17. The third kappa shape index (κ3) is 2.42. The van der Waals surface area contributed by atoms with Crippen molar-refractivity contribution in [3.8, 4) is 0 Å². The molecule has 0 aliphatic heterocycles. The highest BCUT2D eigenvalue weighted by Crippen LogP contribution is 2.10. The summed E-state index contributed by atoms with van der Waals surface area (Å²) >= 11 is 6.58. The highest BCUT2D eigenvalue weighted by molar-refractivity contribution is 9.10. The molecule has 1 heterocycles. The quantitative estimate of drug-likeness (QED) is 0.764. The van der Waals surface area contributed by atoms with Crippen LogP contribution in [0.5, 0.6) is 0 Å². The van der Waals surface area contributed by atoms with Gasteiger partial charge in [-0.2, -0.15) is 0 Å². The van der Waals surface area contributed by atoms with E-state index in [0.29, 0.717) is 16.7 Å². The van der Waals surface area contributed by atoms with E-state index in [2.05, 4.69) is 31.9 Å². The van der Waals surface area contributed by atoms with E-state index in [4.69, 9.17) is 0 Å². The van der Waals surface area contributed by atoms with Crippen molar-refractivity contribution in [2.75, 3.05) is 0 Å². The summed E-state index contributed by atoms with van der Waals surface area (Å²) in [5.41, 5.74) is 0.0809. The predicted molar refractivity (Wildman–Crippen MR) is 66.8 cm³/mol. The van der Waals surface area contributed by atoms with E-state index in [-0.39, 0.29) is 16.1 Å². The number of hydrogen-bond donors (Lipinski definition) is 0. The van der Waals surface area contributed by atoms with Gasteiger partial charge in [-0.05, 0) is 22.9 Å². The van der Waals surface area contributed by atoms with Crippen molar-refractivity contribution in [2.45, 2.75) is 25.2 Å². The monoisotopic (exact) mass is 338 g/mol. The van der Waals surface area contributed by atoms with Gasteiger partial charge in [-0.15, -0.1) is 0 Å². The molecule has 0 fully saturated rings. The lowest BCUT2D eigenvalue weighted by molar-refractivity contribution is 0.580. The summed E-state index contributed by atoms with van der Waals surface area (Å²) in [5, 5.41) is 0. The van der Waals surface area contributed by atoms with Crippen molar-refractivity contribution in [3.05, 3.63) is 31.0 Å². The molecule has 0 saturated heterocycles. The summed E-state index contributed by atoms with van der Waals surface area (Å²) in [4.78, 5) is 23.5. The van der Waals surface area contributed by atoms with Crippen LogP contribution in [0.1, 0.15) is 12.6 Å². The Bertz CT molecular complexity index is 488. The van der Waals surface area contributed by atoms with Crippen LogP contribution in [-0.4, -0.2) is 14.0 Å². The molecule has 1 rings (SSSR count). The second kappa shape index (κ2) is 4.65. The van der Waals surface area contributed by atoms with Crippen LogP contribution in [0.15, 0.2) is 14.1 Å². The highest BCUT2D eigenvalue weighted by Gasteiger charge is 2.12. The van der Waals surface area contributed by atoms with Gasteiger partial charge in [0.25, 0.3) is 5.56 Å². The number of nitrogens with zero attached hydrogens (tertiary/aromatic N) is 2. The average Bonchev–Trinajstić information content (AvgIpc) is 2.18. The van der Waals surface area contributed by atoms with Gasteiger partial charge in [-0.1, -0.05) is 22.9 Å². The first-order chi connectivity index (χ1) is 6.86. The summed E-state index contributed by atoms with van der Waals surface area (Å²) in [6, 6.07) is 0. The number of rotatable bonds is 2. The summed E-state index contributed by atoms with van der Waals surface area (Å²) in [7, 11) is 1.48. The molecule has 1 aromatic rings. The lowest BCUT2D eigenvalue weighted by Gasteiger charge is -2.13. The maximum absolute atomic E-state index is 11.8. The first-order valence-corrected chi connectivity index (χ1v) is 6.17. The molecule has 0 amide bonds. The fourth-order valence-electron chi connectivity index (χ4n) is 1.30. The van der Waals surface area contributed by atoms with Crippen molar-refractivity contribution >= 4 is 31.9 Å². The van der Waals surface area contributed by atoms with E-state index in [1.807, 2.05) is 6.92 Å². The van der Waals surface area contributed by atoms with E-state index < -0.39 is 0 Å². The topological polar surface area (TPSA) is 44.0 Å². The lowest BCUT2D eigenvalue weighted by Crippen LogP contribution is -2.40. The van der Waals surface area contributed by atoms with Crippen LogP contribution in [-0.2, 0) is 13.6 Å². The molecule has 0 N–H and O–H groups in total. The van der Waals surface area contributed by atoms with Crippen LogP contribution < -0.4 is 11.2 Å². The highest BCUT2D eigenvalue weighted by atomic mass is 79.9. The minimum absolute atomic E-state index is 0.179. The predicted octanol–water partition coefficient (Wildman–Crippen LogP) is 1.40. The average molecular weight is 340 g/mol. The molecule has 0 radical (unpaired) electrons. The van der Waals surface area contributed by atoms with Gasteiger partial charge in [-0.3, -0.25) is 13.9 Å². The van der Waals surface area contributed by atoms with E-state index in [1.165, 1.54) is 7.05 Å². The largest absolute Gasteiger partial charge is 0.331 e. The van der Waals surface area contributed by atoms with Gasteiger partial charge < -0.3 is 0 Å². The van der Waals surface area contributed by atoms with Crippen LogP contribution >= 0.6 is 31.9 Å². The fourth-order valence-corrected chi connectivity index (χ4v) is 2.07. The van der Waals surface area contributed by atoms with Gasteiger partial charge in [0.05, 0.1) is 0 Å². The van der Waals surface area contributed by atoms with Gasteiger partial charge >= 0.3 is 5.69 Å². The molecule has 0 saturated carbocycles. The van der Waals surface area contributed by atoms with Crippen LogP contribution in [0.3, 0.4) is 0 Å². The second-order valence-electron chi connectivity index (χ2n) is 3.44. The molecular weight excluding hydrogens is 328 g/mol. The van der Waals surface area contributed by atoms with Gasteiger partial charge in [0, 0.05) is 24.1 Å². The van der Waals surface area contributed by atoms with Gasteiger partial charge in [0.1, 0.15) is 4.47 Å². The SMILES string of the molecule is Cc1c(Br)c(=O)n(C)c(=O)n1CC(C)Br. The molecule has 84 valence electrons. The van der Waals surface area contributed by atoms with Crippen LogP contribution in [0.4, 0.5) is 0 Å². The Morgan fingerprint density at radius 1 is 1.40 bits per heavy atom. The lowest BCUT2D eigenvalue weighted by atomic mass is 10.4. The van der Waals surface area contributed by atoms with Crippen LogP contribution in [0.25, 0.3) is 0 Å². The third-order valence-corrected chi connectivity index (χ3v) is 3.37. The minimum atomic E-state index is -0.295. The summed E-state index contributed by atoms with van der Waals surface area (Å²) < 4.78 is 3.12. The van der Waals surface area contributed by atoms with Crippen molar-refractivity contribution in [3.63, 3.8) is 0 Å². The van der Waals surface area contributed by atoms with Crippen molar-refractivity contribution in [1.29, 1.82) is 0 Å². The number of aromatic nitrogens is 2. The maximum atomic E-state index is 11.8. The molecule has 1 atom stereocenters. The van der Waals surface area contributed by atoms with Crippen molar-refractivity contribution < 1.29 is 0 Å². The molecule has 1 unspecified atom stereocenters. The Morgan fingerprint density at radius 2 is 1.93 bits per heavy atom. The molecule has 15 heavy (non-hydrogen) atoms. The molecule has 0 aromatic carbocycles. The molecular formula is C9H12Br2N2O2. The van der Waals surface area contributed by atoms with Gasteiger partial charge in [-0.25, -0.2) is 4.79 Å². The van der Waals surface area contributed by atoms with Crippen molar-refractivity contribution in [2.24, 2.45) is 7.05 Å². The van der Waals surface area contributed by atoms with Crippen molar-refractivity contribution in [1.82, 2.24) is 9.13 Å². The summed E-state index contributed by atoms with van der Waals surface area (Å²) in [5.74, 6) is 0. The zero-order valence-electron chi connectivity index (χ0n) is 8.75. The molecule has 4 nitrogen and oxygen atoms in total. The Labute approximate surface area is 104 Å². The zero-order valence-corrected chi connectivity index (χ0v) is 11.9. The Morgan fingerprint density at radius 3 is 2.40 bits per heavy atom. The minimum Gasteiger partial charge on any atom is -0.296 e. The fraction of sp³-hybridized carbons (Fsp3) is 0.556. The molecule has 0 bridgehead atoms. The molecule has 0 aliphatic carbocycles. The molecule has 0 aliphatic rings. The number of hydrogen-bond acceptors (Lipinski definition) is 2. The van der Waals surface area contributed by atoms with Gasteiger partial charge in [0.2, 0.25) is 0 Å². The standard InChI is InChI=1S/C9H12Br2N2O2/c1-5(10)4-13-6(2)7(11)8(14)12(3)9(13)15/h5H,4H2,1-3H3. The normalized spacial score (nSPS) is 12.9. The maximum Gasteiger partial charge on any atom is 0.331 e. The Hall–Kier alpha value is -0.360. The molecule has 0 spiro atoms. The first-order valence-electron chi connectivity index (χ1n) is 4.46. The Balaban J connectivity index is 3.53. The van der Waals surface area contributed by atoms with E-state index in [0.717, 1.165) is 4.57 Å². The summed E-state index contributed by atoms with van der Waals surface area (Å²) in [6.07, 6.45) is 0. The zero-order chi connectivity index (χ0) is 11.7. The van der Waals surface area contributed by atoms with E-state index in [9.17, 15) is 9.59 Å². The van der Waals surface area contributed by atoms with Crippen LogP contribution in [0.2, 0.25) is 0 Å². The van der Waals surface area contributed by atoms with E-state index >= 15 is 0 Å². The number of halogens is 2. The first kappa shape index (κ1) is 12.7. The Kier molecular flexibility index (Phi) is 3.94. The molecule has 1 aromatic heterocycles. The van der Waals surface area contributed by atoms with Crippen LogP contribution in [0, 0.1) is 6.92 Å². The smallest absolute Gasteiger partial charge is 0.296 e. The number of alkyl halides is 1. The second-order valence-corrected chi connectivity index (χ2v) is 5.79. The summed E-state index contributed by atoms with van der Waals surface area (Å²) in [6.45, 7) is 4.24. The van der Waals surface area contributed by atoms with E-state index in [1.54, 1.807) is 11.5 Å². The van der Waals surface area contributed by atoms with Gasteiger partial charge in [0.15, 0.2) is 0 Å².